The van der Waals surface area contributed by atoms with Gasteiger partial charge in [-0.15, -0.1) is 0 Å². The lowest BCUT2D eigenvalue weighted by Gasteiger charge is -2.16. The Hall–Kier alpha value is -1.68. The molecule has 0 saturated carbocycles. The maximum atomic E-state index is 4.69. The number of aryl methyl sites for hydroxylation is 2. The molecule has 2 rings (SSSR count). The Morgan fingerprint density at radius 2 is 2.18 bits per heavy atom. The molecule has 1 N–H and O–H groups in total. The van der Waals surface area contributed by atoms with Gasteiger partial charge in [-0.2, -0.15) is 4.98 Å². The normalized spacial score (nSPS) is 12.6. The molecule has 1 unspecified atom stereocenters. The van der Waals surface area contributed by atoms with Crippen LogP contribution in [0.1, 0.15) is 35.5 Å². The first-order valence-electron chi connectivity index (χ1n) is 5.72. The Morgan fingerprint density at radius 3 is 2.82 bits per heavy atom. The maximum Gasteiger partial charge on any atom is 0.213 e. The third kappa shape index (κ3) is 2.91. The van der Waals surface area contributed by atoms with Gasteiger partial charge in [0.05, 0.1) is 6.54 Å². The van der Waals surface area contributed by atoms with Crippen LogP contribution in [-0.4, -0.2) is 10.1 Å². The molecule has 17 heavy (non-hydrogen) atoms. The highest BCUT2D eigenvalue weighted by Crippen LogP contribution is 2.18. The Morgan fingerprint density at radius 1 is 1.35 bits per heavy atom. The molecule has 1 atom stereocenters. The van der Waals surface area contributed by atoms with Gasteiger partial charge >= 0.3 is 0 Å². The van der Waals surface area contributed by atoms with E-state index in [1.807, 2.05) is 0 Å². The molecule has 0 radical (unpaired) electrons. The molecule has 1 aromatic carbocycles. The molecule has 90 valence electrons. The minimum absolute atomic E-state index is 0.272. The highest BCUT2D eigenvalue weighted by atomic mass is 16.5. The maximum absolute atomic E-state index is 4.69. The van der Waals surface area contributed by atoms with E-state index in [4.69, 9.17) is 4.52 Å². The zero-order chi connectivity index (χ0) is 12.3. The number of nitrogens with one attached hydrogen (secondary N) is 1. The third-order valence-electron chi connectivity index (χ3n) is 2.87. The minimum atomic E-state index is 0.272. The number of nitrogens with zero attached hydrogens (tertiary/aromatic N) is 2. The van der Waals surface area contributed by atoms with E-state index in [2.05, 4.69) is 54.4 Å². The molecule has 0 fully saturated rings. The van der Waals surface area contributed by atoms with E-state index < -0.39 is 0 Å². The Kier molecular flexibility index (Phi) is 3.54. The fourth-order valence-electron chi connectivity index (χ4n) is 1.94. The molecule has 0 aliphatic heterocycles. The van der Waals surface area contributed by atoms with E-state index in [9.17, 15) is 0 Å². The van der Waals surface area contributed by atoms with Crippen LogP contribution in [0.5, 0.6) is 0 Å². The van der Waals surface area contributed by atoms with Crippen molar-refractivity contribution in [1.82, 2.24) is 15.5 Å². The van der Waals surface area contributed by atoms with Crippen molar-refractivity contribution in [3.63, 3.8) is 0 Å². The largest absolute Gasteiger partial charge is 0.343 e. The van der Waals surface area contributed by atoms with E-state index in [1.165, 1.54) is 23.1 Å². The Bertz CT molecular complexity index is 479. The van der Waals surface area contributed by atoms with Gasteiger partial charge in [0.2, 0.25) is 6.39 Å². The van der Waals surface area contributed by atoms with Crippen molar-refractivity contribution in [2.45, 2.75) is 33.4 Å². The highest BCUT2D eigenvalue weighted by molar-refractivity contribution is 5.32. The number of benzene rings is 1. The number of hydrogen-bond acceptors (Lipinski definition) is 4. The fraction of sp³-hybridized carbons (Fsp3) is 0.385. The van der Waals surface area contributed by atoms with Crippen molar-refractivity contribution in [3.8, 4) is 0 Å². The van der Waals surface area contributed by atoms with Crippen LogP contribution in [0.3, 0.4) is 0 Å². The zero-order valence-corrected chi connectivity index (χ0v) is 10.4. The lowest BCUT2D eigenvalue weighted by Crippen LogP contribution is -2.19. The summed E-state index contributed by atoms with van der Waals surface area (Å²) in [6.45, 7) is 6.99. The monoisotopic (exact) mass is 231 g/mol. The van der Waals surface area contributed by atoms with Gasteiger partial charge in [-0.1, -0.05) is 28.9 Å². The van der Waals surface area contributed by atoms with Gasteiger partial charge in [0.1, 0.15) is 0 Å². The van der Waals surface area contributed by atoms with E-state index in [0.29, 0.717) is 12.4 Å². The first-order chi connectivity index (χ1) is 8.16. The second-order valence-electron chi connectivity index (χ2n) is 4.31. The molecule has 0 spiro atoms. The molecule has 4 nitrogen and oxygen atoms in total. The Labute approximate surface area is 101 Å². The smallest absolute Gasteiger partial charge is 0.213 e. The molecular weight excluding hydrogens is 214 g/mol. The Balaban J connectivity index is 2.01. The number of hydrogen-bond donors (Lipinski definition) is 1. The average Bonchev–Trinajstić information content (AvgIpc) is 2.78. The van der Waals surface area contributed by atoms with Crippen LogP contribution in [0.15, 0.2) is 29.1 Å². The second-order valence-corrected chi connectivity index (χ2v) is 4.31. The van der Waals surface area contributed by atoms with Gasteiger partial charge in [-0.3, -0.25) is 0 Å². The summed E-state index contributed by atoms with van der Waals surface area (Å²) in [5.74, 6) is 0.682. The van der Waals surface area contributed by atoms with Crippen molar-refractivity contribution in [3.05, 3.63) is 47.1 Å². The van der Waals surface area contributed by atoms with E-state index in [-0.39, 0.29) is 6.04 Å². The van der Waals surface area contributed by atoms with Gasteiger partial charge in [-0.05, 0) is 31.9 Å². The van der Waals surface area contributed by atoms with Crippen LogP contribution in [0.4, 0.5) is 0 Å². The molecule has 0 aliphatic rings. The van der Waals surface area contributed by atoms with Gasteiger partial charge < -0.3 is 9.84 Å². The SMILES string of the molecule is Cc1ccc(C(C)NCc2ncon2)c(C)c1. The van der Waals surface area contributed by atoms with E-state index in [0.717, 1.165) is 0 Å². The summed E-state index contributed by atoms with van der Waals surface area (Å²) in [5.41, 5.74) is 3.90. The third-order valence-corrected chi connectivity index (χ3v) is 2.87. The van der Waals surface area contributed by atoms with Crippen molar-refractivity contribution in [2.24, 2.45) is 0 Å². The van der Waals surface area contributed by atoms with Gasteiger partial charge in [-0.25, -0.2) is 0 Å². The average molecular weight is 231 g/mol. The molecule has 1 heterocycles. The summed E-state index contributed by atoms with van der Waals surface area (Å²) in [4.78, 5) is 3.98. The lowest BCUT2D eigenvalue weighted by atomic mass is 10.0. The summed E-state index contributed by atoms with van der Waals surface area (Å²) in [7, 11) is 0. The van der Waals surface area contributed by atoms with Gasteiger partial charge in [0.25, 0.3) is 0 Å². The summed E-state index contributed by atoms with van der Waals surface area (Å²) >= 11 is 0. The van der Waals surface area contributed by atoms with Crippen molar-refractivity contribution >= 4 is 0 Å². The summed E-state index contributed by atoms with van der Waals surface area (Å²) < 4.78 is 4.69. The van der Waals surface area contributed by atoms with Crippen molar-refractivity contribution in [1.29, 1.82) is 0 Å². The zero-order valence-electron chi connectivity index (χ0n) is 10.4. The van der Waals surface area contributed by atoms with Crippen molar-refractivity contribution in [2.75, 3.05) is 0 Å². The van der Waals surface area contributed by atoms with Crippen LogP contribution >= 0.6 is 0 Å². The van der Waals surface area contributed by atoms with E-state index in [1.54, 1.807) is 0 Å². The summed E-state index contributed by atoms with van der Waals surface area (Å²) in [6, 6.07) is 6.77. The van der Waals surface area contributed by atoms with E-state index >= 15 is 0 Å². The predicted octanol–water partition coefficient (Wildman–Crippen LogP) is 2.54. The highest BCUT2D eigenvalue weighted by Gasteiger charge is 2.09. The quantitative estimate of drug-likeness (QED) is 0.878. The van der Waals surface area contributed by atoms with Crippen LogP contribution in [0.25, 0.3) is 0 Å². The first-order valence-corrected chi connectivity index (χ1v) is 5.72. The molecule has 1 aromatic heterocycles. The van der Waals surface area contributed by atoms with Crippen LogP contribution in [-0.2, 0) is 6.54 Å². The molecule has 0 aliphatic carbocycles. The topological polar surface area (TPSA) is 51.0 Å². The van der Waals surface area contributed by atoms with Crippen LogP contribution in [0.2, 0.25) is 0 Å². The second kappa shape index (κ2) is 5.10. The van der Waals surface area contributed by atoms with Crippen molar-refractivity contribution < 1.29 is 4.52 Å². The fourth-order valence-corrected chi connectivity index (χ4v) is 1.94. The van der Waals surface area contributed by atoms with Gasteiger partial charge in [0, 0.05) is 6.04 Å². The molecule has 0 bridgehead atoms. The molecule has 2 aromatic rings. The predicted molar refractivity (Wildman–Crippen MR) is 65.5 cm³/mol. The van der Waals surface area contributed by atoms with Gasteiger partial charge in [0.15, 0.2) is 5.82 Å². The number of aromatic nitrogens is 2. The van der Waals surface area contributed by atoms with Crippen LogP contribution in [0, 0.1) is 13.8 Å². The molecule has 0 amide bonds. The first kappa shape index (κ1) is 11.8. The van der Waals surface area contributed by atoms with Crippen LogP contribution < -0.4 is 5.32 Å². The standard InChI is InChI=1S/C13H17N3O/c1-9-4-5-12(10(2)6-9)11(3)14-7-13-15-8-17-16-13/h4-6,8,11,14H,7H2,1-3H3. The number of rotatable bonds is 4. The lowest BCUT2D eigenvalue weighted by molar-refractivity contribution is 0.405. The molecule has 4 heteroatoms. The summed E-state index contributed by atoms with van der Waals surface area (Å²) in [5, 5.41) is 7.15. The molecular formula is C13H17N3O. The summed E-state index contributed by atoms with van der Waals surface area (Å²) in [6.07, 6.45) is 1.35. The minimum Gasteiger partial charge on any atom is -0.343 e. The molecule has 0 saturated heterocycles.